The molecule has 0 bridgehead atoms. The van der Waals surface area contributed by atoms with E-state index in [0.717, 1.165) is 38.1 Å². The first-order valence-corrected chi connectivity index (χ1v) is 11.2. The van der Waals surface area contributed by atoms with E-state index in [4.69, 9.17) is 13.9 Å². The van der Waals surface area contributed by atoms with Gasteiger partial charge in [-0.2, -0.15) is 0 Å². The van der Waals surface area contributed by atoms with Crippen LogP contribution in [0.15, 0.2) is 79.9 Å². The minimum absolute atomic E-state index is 0.343. The van der Waals surface area contributed by atoms with Gasteiger partial charge in [-0.3, -0.25) is 4.99 Å². The Morgan fingerprint density at radius 3 is 2.64 bits per heavy atom. The number of aliphatic imine (C=N–C) groups is 1. The van der Waals surface area contributed by atoms with Crippen molar-refractivity contribution >= 4 is 29.7 Å². The number of benzene rings is 3. The molecule has 4 aromatic rings. The Morgan fingerprint density at radius 2 is 1.79 bits per heavy atom. The van der Waals surface area contributed by atoms with Gasteiger partial charge in [0.2, 0.25) is 5.89 Å². The second-order valence-electron chi connectivity index (χ2n) is 7.42. The molecule has 0 saturated carbocycles. The standard InChI is InChI=1S/C25H22N4O3S/c1-30-18-6-3-5-16(11-18)12-23-28-29-25(32-23)27-22-10-9-17-14-26-15-21(17)24(22)33-20-8-4-7-19(13-20)31-2/h3-11,13,15H,12,14H2,1-2H3,(H,27,29). The van der Waals surface area contributed by atoms with Gasteiger partial charge in [0.1, 0.15) is 11.5 Å². The SMILES string of the molecule is COc1cccc(Cc2nnc(Nc3ccc4c(c3Sc3cccc(OC)c3)C=NC4)o2)c1. The number of rotatable bonds is 8. The second-order valence-corrected chi connectivity index (χ2v) is 8.50. The van der Waals surface area contributed by atoms with E-state index in [1.165, 1.54) is 5.56 Å². The van der Waals surface area contributed by atoms with Crippen LogP contribution in [0, 0.1) is 0 Å². The molecule has 3 aromatic carbocycles. The van der Waals surface area contributed by atoms with E-state index in [1.54, 1.807) is 26.0 Å². The maximum Gasteiger partial charge on any atom is 0.320 e. The fourth-order valence-corrected chi connectivity index (χ4v) is 4.67. The van der Waals surface area contributed by atoms with E-state index in [2.05, 4.69) is 32.6 Å². The molecule has 1 aromatic heterocycles. The van der Waals surface area contributed by atoms with Crippen LogP contribution in [0.3, 0.4) is 0 Å². The Balaban J connectivity index is 1.40. The topological polar surface area (TPSA) is 81.8 Å². The van der Waals surface area contributed by atoms with E-state index in [-0.39, 0.29) is 0 Å². The van der Waals surface area contributed by atoms with E-state index >= 15 is 0 Å². The molecule has 7 nitrogen and oxygen atoms in total. The first-order chi connectivity index (χ1) is 16.2. The normalized spacial score (nSPS) is 11.9. The van der Waals surface area contributed by atoms with E-state index in [1.807, 2.05) is 54.7 Å². The van der Waals surface area contributed by atoms with Crippen LogP contribution in [0.1, 0.15) is 22.6 Å². The molecule has 0 amide bonds. The van der Waals surface area contributed by atoms with Gasteiger partial charge in [0.15, 0.2) is 0 Å². The van der Waals surface area contributed by atoms with Crippen molar-refractivity contribution in [2.75, 3.05) is 19.5 Å². The van der Waals surface area contributed by atoms with Gasteiger partial charge in [-0.1, -0.05) is 41.1 Å². The molecule has 5 rings (SSSR count). The van der Waals surface area contributed by atoms with Crippen LogP contribution in [0.4, 0.5) is 11.7 Å². The smallest absolute Gasteiger partial charge is 0.320 e. The highest BCUT2D eigenvalue weighted by Crippen LogP contribution is 2.40. The van der Waals surface area contributed by atoms with Crippen LogP contribution in [-0.2, 0) is 13.0 Å². The average molecular weight is 459 g/mol. The van der Waals surface area contributed by atoms with Gasteiger partial charge in [0, 0.05) is 21.6 Å². The van der Waals surface area contributed by atoms with Crippen molar-refractivity contribution in [3.8, 4) is 11.5 Å². The lowest BCUT2D eigenvalue weighted by Crippen LogP contribution is -1.98. The van der Waals surface area contributed by atoms with Crippen LogP contribution < -0.4 is 14.8 Å². The number of anilines is 2. The van der Waals surface area contributed by atoms with Crippen molar-refractivity contribution < 1.29 is 13.9 Å². The van der Waals surface area contributed by atoms with E-state index in [9.17, 15) is 0 Å². The van der Waals surface area contributed by atoms with Gasteiger partial charge in [-0.05, 0) is 47.5 Å². The van der Waals surface area contributed by atoms with Gasteiger partial charge >= 0.3 is 6.01 Å². The third-order valence-corrected chi connectivity index (χ3v) is 6.36. The van der Waals surface area contributed by atoms with E-state index < -0.39 is 0 Å². The predicted octanol–water partition coefficient (Wildman–Crippen LogP) is 5.50. The fraction of sp³-hybridized carbons (Fsp3) is 0.160. The molecule has 0 unspecified atom stereocenters. The summed E-state index contributed by atoms with van der Waals surface area (Å²) < 4.78 is 16.6. The van der Waals surface area contributed by atoms with Crippen molar-refractivity contribution in [1.29, 1.82) is 0 Å². The minimum atomic E-state index is 0.343. The molecule has 33 heavy (non-hydrogen) atoms. The molecule has 1 N–H and O–H groups in total. The molecule has 0 saturated heterocycles. The van der Waals surface area contributed by atoms with Crippen molar-refractivity contribution in [3.05, 3.63) is 83.2 Å². The third kappa shape index (κ3) is 4.70. The maximum absolute atomic E-state index is 5.89. The zero-order valence-electron chi connectivity index (χ0n) is 18.2. The lowest BCUT2D eigenvalue weighted by Gasteiger charge is -2.13. The van der Waals surface area contributed by atoms with Crippen molar-refractivity contribution in [2.24, 2.45) is 4.99 Å². The number of aromatic nitrogens is 2. The quantitative estimate of drug-likeness (QED) is 0.373. The lowest BCUT2D eigenvalue weighted by molar-refractivity contribution is 0.413. The molecule has 1 aliphatic rings. The summed E-state index contributed by atoms with van der Waals surface area (Å²) in [6.07, 6.45) is 2.44. The summed E-state index contributed by atoms with van der Waals surface area (Å²) >= 11 is 1.64. The largest absolute Gasteiger partial charge is 0.497 e. The van der Waals surface area contributed by atoms with Gasteiger partial charge < -0.3 is 19.2 Å². The molecule has 0 fully saturated rings. The molecule has 8 heteroatoms. The van der Waals surface area contributed by atoms with Crippen LogP contribution >= 0.6 is 11.8 Å². The zero-order valence-corrected chi connectivity index (χ0v) is 19.1. The second kappa shape index (κ2) is 9.38. The van der Waals surface area contributed by atoms with Gasteiger partial charge in [0.25, 0.3) is 0 Å². The number of fused-ring (bicyclic) bond motifs is 1. The fourth-order valence-electron chi connectivity index (χ4n) is 3.59. The van der Waals surface area contributed by atoms with Crippen LogP contribution in [0.25, 0.3) is 0 Å². The molecule has 0 spiro atoms. The summed E-state index contributed by atoms with van der Waals surface area (Å²) in [7, 11) is 3.32. The molecule has 0 radical (unpaired) electrons. The monoisotopic (exact) mass is 458 g/mol. The number of nitrogens with zero attached hydrogens (tertiary/aromatic N) is 3. The molecular formula is C25H22N4O3S. The minimum Gasteiger partial charge on any atom is -0.497 e. The van der Waals surface area contributed by atoms with Gasteiger partial charge in [-0.25, -0.2) is 0 Å². The van der Waals surface area contributed by atoms with Crippen LogP contribution in [0.2, 0.25) is 0 Å². The zero-order chi connectivity index (χ0) is 22.6. The Bertz CT molecular complexity index is 1320. The molecular weight excluding hydrogens is 436 g/mol. The van der Waals surface area contributed by atoms with Crippen molar-refractivity contribution in [2.45, 2.75) is 22.8 Å². The van der Waals surface area contributed by atoms with Crippen molar-refractivity contribution in [1.82, 2.24) is 10.2 Å². The highest BCUT2D eigenvalue weighted by Gasteiger charge is 2.18. The number of hydrogen-bond acceptors (Lipinski definition) is 8. The summed E-state index contributed by atoms with van der Waals surface area (Å²) in [5.41, 5.74) is 4.21. The maximum atomic E-state index is 5.89. The Labute approximate surface area is 195 Å². The average Bonchev–Trinajstić information content (AvgIpc) is 3.50. The lowest BCUT2D eigenvalue weighted by atomic mass is 10.1. The summed E-state index contributed by atoms with van der Waals surface area (Å²) in [4.78, 5) is 6.56. The third-order valence-electron chi connectivity index (χ3n) is 5.23. The molecule has 0 atom stereocenters. The number of ether oxygens (including phenoxy) is 2. The summed E-state index contributed by atoms with van der Waals surface area (Å²) in [5, 5.41) is 11.7. The van der Waals surface area contributed by atoms with Gasteiger partial charge in [-0.15, -0.1) is 5.10 Å². The predicted molar refractivity (Wildman–Crippen MR) is 128 cm³/mol. The molecule has 0 aliphatic carbocycles. The first-order valence-electron chi connectivity index (χ1n) is 10.4. The van der Waals surface area contributed by atoms with Crippen LogP contribution in [0.5, 0.6) is 11.5 Å². The summed E-state index contributed by atoms with van der Waals surface area (Å²) in [6.45, 7) is 0.687. The summed E-state index contributed by atoms with van der Waals surface area (Å²) in [6, 6.07) is 20.2. The Hall–Kier alpha value is -3.78. The van der Waals surface area contributed by atoms with E-state index in [0.29, 0.717) is 24.9 Å². The Morgan fingerprint density at radius 1 is 0.970 bits per heavy atom. The number of hydrogen-bond donors (Lipinski definition) is 1. The number of nitrogens with one attached hydrogen (secondary N) is 1. The first kappa shape index (κ1) is 21.1. The highest BCUT2D eigenvalue weighted by atomic mass is 32.2. The molecule has 1 aliphatic heterocycles. The molecule has 166 valence electrons. The molecule has 2 heterocycles. The van der Waals surface area contributed by atoms with Crippen molar-refractivity contribution in [3.63, 3.8) is 0 Å². The van der Waals surface area contributed by atoms with Crippen LogP contribution in [-0.4, -0.2) is 30.6 Å². The van der Waals surface area contributed by atoms with Gasteiger partial charge in [0.05, 0.1) is 32.9 Å². The summed E-state index contributed by atoms with van der Waals surface area (Å²) in [5.74, 6) is 2.13. The highest BCUT2D eigenvalue weighted by molar-refractivity contribution is 7.99. The number of methoxy groups -OCH3 is 2. The Kier molecular flexibility index (Phi) is 5.99.